The van der Waals surface area contributed by atoms with E-state index in [1.165, 1.54) is 0 Å². The van der Waals surface area contributed by atoms with Gasteiger partial charge in [0.15, 0.2) is 23.9 Å². The van der Waals surface area contributed by atoms with Gasteiger partial charge in [-0.05, 0) is 17.7 Å². The summed E-state index contributed by atoms with van der Waals surface area (Å²) in [4.78, 5) is 47.1. The minimum atomic E-state index is -1.27. The van der Waals surface area contributed by atoms with Crippen molar-refractivity contribution in [1.82, 2.24) is 0 Å². The second kappa shape index (κ2) is 10.9. The Morgan fingerprint density at radius 1 is 0.935 bits per heavy atom. The lowest BCUT2D eigenvalue weighted by Crippen LogP contribution is -2.61. The number of ether oxygens (including phenoxy) is 5. The van der Waals surface area contributed by atoms with E-state index in [9.17, 15) is 19.2 Å². The summed E-state index contributed by atoms with van der Waals surface area (Å²) in [6.07, 6.45) is -3.21. The molecule has 0 aromatic heterocycles. The second-order valence-corrected chi connectivity index (χ2v) is 7.10. The normalized spacial score (nSPS) is 25.1. The predicted octanol–water partition coefficient (Wildman–Crippen LogP) is 2.25. The van der Waals surface area contributed by atoms with E-state index in [1.807, 2.05) is 0 Å². The molecule has 168 valence electrons. The molecule has 0 unspecified atom stereocenters. The lowest BCUT2D eigenvalue weighted by Gasteiger charge is -2.42. The van der Waals surface area contributed by atoms with Crippen LogP contribution in [0.1, 0.15) is 36.7 Å². The summed E-state index contributed by atoms with van der Waals surface area (Å²) < 4.78 is 26.5. The average molecular weight is 455 g/mol. The molecular formula is C21H23ClO9. The van der Waals surface area contributed by atoms with E-state index in [0.717, 1.165) is 26.3 Å². The molecule has 1 fully saturated rings. The molecule has 1 saturated heterocycles. The van der Waals surface area contributed by atoms with Gasteiger partial charge in [0.2, 0.25) is 0 Å². The van der Waals surface area contributed by atoms with Crippen molar-refractivity contribution in [1.29, 1.82) is 0 Å². The molecule has 1 aromatic carbocycles. The first-order chi connectivity index (χ1) is 14.6. The van der Waals surface area contributed by atoms with Crippen LogP contribution in [0.3, 0.4) is 0 Å². The van der Waals surface area contributed by atoms with Gasteiger partial charge >= 0.3 is 23.9 Å². The van der Waals surface area contributed by atoms with Crippen LogP contribution in [0.15, 0.2) is 30.8 Å². The van der Waals surface area contributed by atoms with Crippen LogP contribution in [0.25, 0.3) is 6.08 Å². The zero-order chi connectivity index (χ0) is 23.1. The molecule has 10 heteroatoms. The summed E-state index contributed by atoms with van der Waals surface area (Å²) in [5.74, 6) is -2.79. The van der Waals surface area contributed by atoms with Crippen LogP contribution < -0.4 is 0 Å². The number of carbonyl (C=O) groups is 4. The van der Waals surface area contributed by atoms with Crippen molar-refractivity contribution in [3.8, 4) is 0 Å². The van der Waals surface area contributed by atoms with E-state index in [2.05, 4.69) is 6.58 Å². The highest BCUT2D eigenvalue weighted by Gasteiger charge is 2.51. The molecule has 1 heterocycles. The number of benzene rings is 1. The molecule has 9 nitrogen and oxygen atoms in total. The van der Waals surface area contributed by atoms with Crippen molar-refractivity contribution in [3.05, 3.63) is 42.0 Å². The molecule has 2 rings (SSSR count). The van der Waals surface area contributed by atoms with Crippen molar-refractivity contribution < 1.29 is 42.9 Å². The van der Waals surface area contributed by atoms with Gasteiger partial charge in [0.05, 0.1) is 5.56 Å². The number of hydrogen-bond donors (Lipinski definition) is 0. The molecule has 0 spiro atoms. The zero-order valence-electron chi connectivity index (χ0n) is 17.2. The Bertz CT molecular complexity index is 836. The molecule has 0 aliphatic carbocycles. The van der Waals surface area contributed by atoms with Crippen LogP contribution in [0, 0.1) is 0 Å². The Labute approximate surface area is 184 Å². The lowest BCUT2D eigenvalue weighted by molar-refractivity contribution is -0.237. The fourth-order valence-electron chi connectivity index (χ4n) is 2.97. The highest BCUT2D eigenvalue weighted by molar-refractivity contribution is 6.20. The fourth-order valence-corrected chi connectivity index (χ4v) is 3.30. The van der Waals surface area contributed by atoms with Crippen LogP contribution in [-0.2, 0) is 38.1 Å². The van der Waals surface area contributed by atoms with E-state index < -0.39 is 53.9 Å². The first kappa shape index (κ1) is 24.4. The summed E-state index contributed by atoms with van der Waals surface area (Å²) in [6, 6.07) is 6.51. The van der Waals surface area contributed by atoms with Crippen molar-refractivity contribution in [2.24, 2.45) is 0 Å². The molecule has 0 amide bonds. The highest BCUT2D eigenvalue weighted by Crippen LogP contribution is 2.31. The maximum Gasteiger partial charge on any atom is 0.338 e. The number of hydrogen-bond acceptors (Lipinski definition) is 9. The fraction of sp³-hybridized carbons (Fsp3) is 0.429. The summed E-state index contributed by atoms with van der Waals surface area (Å²) in [5, 5.41) is 0. The lowest BCUT2D eigenvalue weighted by atomic mass is 9.99. The van der Waals surface area contributed by atoms with Crippen molar-refractivity contribution in [3.63, 3.8) is 0 Å². The molecule has 0 bridgehead atoms. The number of halogens is 1. The molecule has 1 aliphatic heterocycles. The van der Waals surface area contributed by atoms with Crippen LogP contribution in [0.2, 0.25) is 0 Å². The van der Waals surface area contributed by atoms with E-state index in [1.54, 1.807) is 30.3 Å². The van der Waals surface area contributed by atoms with Gasteiger partial charge in [-0.25, -0.2) is 4.79 Å². The van der Waals surface area contributed by atoms with E-state index >= 15 is 0 Å². The molecule has 31 heavy (non-hydrogen) atoms. The van der Waals surface area contributed by atoms with Gasteiger partial charge in [-0.2, -0.15) is 0 Å². The Morgan fingerprint density at radius 3 is 1.97 bits per heavy atom. The maximum atomic E-state index is 12.4. The van der Waals surface area contributed by atoms with Crippen molar-refractivity contribution in [2.75, 3.05) is 6.61 Å². The van der Waals surface area contributed by atoms with Gasteiger partial charge < -0.3 is 23.7 Å². The third-order valence-electron chi connectivity index (χ3n) is 4.24. The Kier molecular flexibility index (Phi) is 8.58. The molecule has 0 N–H and O–H groups in total. The number of carbonyl (C=O) groups excluding carboxylic acids is 4. The third kappa shape index (κ3) is 6.80. The van der Waals surface area contributed by atoms with Gasteiger partial charge in [0.1, 0.15) is 12.7 Å². The van der Waals surface area contributed by atoms with Crippen molar-refractivity contribution >= 4 is 41.6 Å². The molecule has 5 atom stereocenters. The van der Waals surface area contributed by atoms with Crippen molar-refractivity contribution in [2.45, 2.75) is 50.8 Å². The van der Waals surface area contributed by atoms with Crippen LogP contribution in [0.5, 0.6) is 0 Å². The van der Waals surface area contributed by atoms with Gasteiger partial charge in [0.25, 0.3) is 0 Å². The number of alkyl halides is 1. The Morgan fingerprint density at radius 2 is 1.45 bits per heavy atom. The van der Waals surface area contributed by atoms with Crippen LogP contribution in [-0.4, -0.2) is 60.5 Å². The van der Waals surface area contributed by atoms with E-state index in [0.29, 0.717) is 0 Å². The minimum Gasteiger partial charge on any atom is -0.459 e. The average Bonchev–Trinajstić information content (AvgIpc) is 2.70. The molecule has 0 saturated carbocycles. The molecule has 1 aromatic rings. The van der Waals surface area contributed by atoms with Gasteiger partial charge in [-0.3, -0.25) is 14.4 Å². The first-order valence-electron chi connectivity index (χ1n) is 9.33. The molecular weight excluding hydrogens is 432 g/mol. The van der Waals surface area contributed by atoms with E-state index in [-0.39, 0.29) is 12.2 Å². The highest BCUT2D eigenvalue weighted by atomic mass is 35.5. The largest absolute Gasteiger partial charge is 0.459 e. The van der Waals surface area contributed by atoms with Gasteiger partial charge in [-0.15, -0.1) is 0 Å². The van der Waals surface area contributed by atoms with Crippen LogP contribution in [0.4, 0.5) is 0 Å². The van der Waals surface area contributed by atoms with E-state index in [4.69, 9.17) is 35.3 Å². The molecule has 0 radical (unpaired) electrons. The predicted molar refractivity (Wildman–Crippen MR) is 108 cm³/mol. The summed E-state index contributed by atoms with van der Waals surface area (Å²) in [5.41, 5.74) is -0.148. The van der Waals surface area contributed by atoms with Gasteiger partial charge in [-0.1, -0.05) is 36.4 Å². The molecule has 1 aliphatic rings. The Balaban J connectivity index is 2.21. The summed E-state index contributed by atoms with van der Waals surface area (Å²) in [6.45, 7) is 6.69. The summed E-state index contributed by atoms with van der Waals surface area (Å²) in [7, 11) is 0. The minimum absolute atomic E-state index is 0.280. The summed E-state index contributed by atoms with van der Waals surface area (Å²) >= 11 is 6.19. The SMILES string of the molecule is C=Cc1ccc(C(=O)OC[C@H]2O[C@H](Cl)[C@H](OC(C)=O)[C@@H](OC(C)=O)[C@@H]2OC(C)=O)cc1. The topological polar surface area (TPSA) is 114 Å². The van der Waals surface area contributed by atoms with Gasteiger partial charge in [0, 0.05) is 20.8 Å². The van der Waals surface area contributed by atoms with Crippen LogP contribution >= 0.6 is 11.6 Å². The Hall–Kier alpha value is -2.91. The number of rotatable bonds is 7. The second-order valence-electron chi connectivity index (χ2n) is 6.67. The monoisotopic (exact) mass is 454 g/mol. The zero-order valence-corrected chi connectivity index (χ0v) is 18.0. The third-order valence-corrected chi connectivity index (χ3v) is 4.60. The smallest absolute Gasteiger partial charge is 0.338 e. The maximum absolute atomic E-state index is 12.4. The number of esters is 4. The first-order valence-corrected chi connectivity index (χ1v) is 9.76. The quantitative estimate of drug-likeness (QED) is 0.347. The standard InChI is InChI=1S/C21H23ClO9/c1-5-14-6-8-15(9-7-14)21(26)27-10-16-17(28-11(2)23)18(29-12(3)24)19(20(22)31-16)30-13(4)25/h5-9,16-20H,1,10H2,2-4H3/t16-,17-,18+,19-,20+/m1/s1.